The first-order valence-electron chi connectivity index (χ1n) is 8.80. The standard InChI is InChI=1S/C21H32O2/c1-7-9-18(10-8-2)19-11-12-20(22-14-16(3)4)21(13-19)23-15-17(5)6/h1,11-13,16-18H,8-10,14-15H2,2-6H3. The molecule has 2 heteroatoms. The third kappa shape index (κ3) is 6.99. The van der Waals surface area contributed by atoms with Crippen molar-refractivity contribution in [3.05, 3.63) is 23.8 Å². The van der Waals surface area contributed by atoms with Gasteiger partial charge in [-0.3, -0.25) is 0 Å². The summed E-state index contributed by atoms with van der Waals surface area (Å²) in [6.07, 6.45) is 8.53. The SMILES string of the molecule is C#CCC(CCC)c1ccc(OCC(C)C)c(OCC(C)C)c1. The molecule has 1 unspecified atom stereocenters. The van der Waals surface area contributed by atoms with Crippen LogP contribution < -0.4 is 9.47 Å². The van der Waals surface area contributed by atoms with Crippen LogP contribution in [0.5, 0.6) is 11.5 Å². The molecule has 0 saturated heterocycles. The third-order valence-electron chi connectivity index (χ3n) is 3.58. The monoisotopic (exact) mass is 316 g/mol. The molecule has 1 aromatic carbocycles. The number of hydrogen-bond donors (Lipinski definition) is 0. The normalized spacial score (nSPS) is 12.3. The molecule has 0 aromatic heterocycles. The summed E-state index contributed by atoms with van der Waals surface area (Å²) in [6, 6.07) is 6.29. The Balaban J connectivity index is 3.01. The smallest absolute Gasteiger partial charge is 0.161 e. The van der Waals surface area contributed by atoms with Gasteiger partial charge in [-0.1, -0.05) is 47.1 Å². The van der Waals surface area contributed by atoms with Crippen molar-refractivity contribution in [3.8, 4) is 23.8 Å². The van der Waals surface area contributed by atoms with Crippen LogP contribution in [0.25, 0.3) is 0 Å². The fourth-order valence-corrected chi connectivity index (χ4v) is 2.40. The van der Waals surface area contributed by atoms with Crippen LogP contribution >= 0.6 is 0 Å². The summed E-state index contributed by atoms with van der Waals surface area (Å²) in [5, 5.41) is 0. The molecule has 23 heavy (non-hydrogen) atoms. The van der Waals surface area contributed by atoms with Crippen molar-refractivity contribution in [1.82, 2.24) is 0 Å². The lowest BCUT2D eigenvalue weighted by Gasteiger charge is -2.19. The molecule has 0 heterocycles. The minimum absolute atomic E-state index is 0.394. The minimum atomic E-state index is 0.394. The Hall–Kier alpha value is -1.62. The molecular weight excluding hydrogens is 284 g/mol. The van der Waals surface area contributed by atoms with Gasteiger partial charge in [-0.2, -0.15) is 0 Å². The van der Waals surface area contributed by atoms with Gasteiger partial charge in [-0.05, 0) is 41.9 Å². The zero-order valence-electron chi connectivity index (χ0n) is 15.4. The van der Waals surface area contributed by atoms with Crippen molar-refractivity contribution in [2.24, 2.45) is 11.8 Å². The maximum atomic E-state index is 6.00. The van der Waals surface area contributed by atoms with Gasteiger partial charge in [0.15, 0.2) is 11.5 Å². The van der Waals surface area contributed by atoms with E-state index in [1.165, 1.54) is 5.56 Å². The molecule has 2 nitrogen and oxygen atoms in total. The van der Waals surface area contributed by atoms with Gasteiger partial charge in [-0.15, -0.1) is 12.3 Å². The average Bonchev–Trinajstić information content (AvgIpc) is 2.51. The fourth-order valence-electron chi connectivity index (χ4n) is 2.40. The molecule has 0 aliphatic carbocycles. The van der Waals surface area contributed by atoms with Crippen LogP contribution in [0.3, 0.4) is 0 Å². The molecule has 0 aliphatic heterocycles. The minimum Gasteiger partial charge on any atom is -0.489 e. The van der Waals surface area contributed by atoms with E-state index in [-0.39, 0.29) is 0 Å². The van der Waals surface area contributed by atoms with E-state index in [0.29, 0.717) is 31.0 Å². The van der Waals surface area contributed by atoms with Crippen molar-refractivity contribution < 1.29 is 9.47 Å². The summed E-state index contributed by atoms with van der Waals surface area (Å²) in [5.41, 5.74) is 1.25. The summed E-state index contributed by atoms with van der Waals surface area (Å²) >= 11 is 0. The second-order valence-corrected chi connectivity index (χ2v) is 7.01. The average molecular weight is 316 g/mol. The molecule has 0 radical (unpaired) electrons. The summed E-state index contributed by atoms with van der Waals surface area (Å²) in [5.74, 6) is 5.84. The van der Waals surface area contributed by atoms with Gasteiger partial charge in [0.2, 0.25) is 0 Å². The van der Waals surface area contributed by atoms with Crippen molar-refractivity contribution in [3.63, 3.8) is 0 Å². The maximum Gasteiger partial charge on any atom is 0.161 e. The highest BCUT2D eigenvalue weighted by Gasteiger charge is 2.14. The van der Waals surface area contributed by atoms with Gasteiger partial charge in [0.25, 0.3) is 0 Å². The predicted molar refractivity (Wildman–Crippen MR) is 98.2 cm³/mol. The molecule has 0 amide bonds. The molecular formula is C21H32O2. The Morgan fingerprint density at radius 2 is 1.61 bits per heavy atom. The van der Waals surface area contributed by atoms with E-state index in [0.717, 1.165) is 30.8 Å². The van der Waals surface area contributed by atoms with Gasteiger partial charge in [-0.25, -0.2) is 0 Å². The van der Waals surface area contributed by atoms with Crippen LogP contribution in [-0.2, 0) is 0 Å². The molecule has 1 rings (SSSR count). The molecule has 0 spiro atoms. The maximum absolute atomic E-state index is 6.00. The fraction of sp³-hybridized carbons (Fsp3) is 0.619. The summed E-state index contributed by atoms with van der Waals surface area (Å²) in [4.78, 5) is 0. The van der Waals surface area contributed by atoms with Crippen LogP contribution in [-0.4, -0.2) is 13.2 Å². The molecule has 0 fully saturated rings. The first kappa shape index (κ1) is 19.4. The van der Waals surface area contributed by atoms with Crippen LogP contribution in [0.4, 0.5) is 0 Å². The topological polar surface area (TPSA) is 18.5 Å². The molecule has 0 saturated carbocycles. The molecule has 1 atom stereocenters. The lowest BCUT2D eigenvalue weighted by molar-refractivity contribution is 0.229. The zero-order chi connectivity index (χ0) is 17.2. The zero-order valence-corrected chi connectivity index (χ0v) is 15.4. The van der Waals surface area contributed by atoms with E-state index in [1.54, 1.807) is 0 Å². The summed E-state index contributed by atoms with van der Waals surface area (Å²) in [6.45, 7) is 12.2. The van der Waals surface area contributed by atoms with E-state index in [1.807, 2.05) is 6.07 Å². The Morgan fingerprint density at radius 3 is 2.13 bits per heavy atom. The van der Waals surface area contributed by atoms with E-state index >= 15 is 0 Å². The van der Waals surface area contributed by atoms with Crippen LogP contribution in [0, 0.1) is 24.2 Å². The van der Waals surface area contributed by atoms with Crippen molar-refractivity contribution in [1.29, 1.82) is 0 Å². The van der Waals surface area contributed by atoms with Gasteiger partial charge >= 0.3 is 0 Å². The van der Waals surface area contributed by atoms with Gasteiger partial charge in [0.1, 0.15) is 0 Å². The van der Waals surface area contributed by atoms with Crippen LogP contribution in [0.2, 0.25) is 0 Å². The Bertz CT molecular complexity index is 497. The van der Waals surface area contributed by atoms with Crippen LogP contribution in [0.15, 0.2) is 18.2 Å². The Labute approximate surface area is 142 Å². The lowest BCUT2D eigenvalue weighted by atomic mass is 9.91. The Kier molecular flexibility index (Phi) is 8.62. The van der Waals surface area contributed by atoms with Crippen molar-refractivity contribution in [2.75, 3.05) is 13.2 Å². The highest BCUT2D eigenvalue weighted by Crippen LogP contribution is 2.34. The number of hydrogen-bond acceptors (Lipinski definition) is 2. The van der Waals surface area contributed by atoms with Crippen molar-refractivity contribution >= 4 is 0 Å². The molecule has 0 N–H and O–H groups in total. The van der Waals surface area contributed by atoms with Crippen LogP contribution in [0.1, 0.15) is 65.4 Å². The van der Waals surface area contributed by atoms with Crippen molar-refractivity contribution in [2.45, 2.75) is 59.8 Å². The third-order valence-corrected chi connectivity index (χ3v) is 3.58. The molecule has 1 aromatic rings. The number of rotatable bonds is 10. The van der Waals surface area contributed by atoms with Gasteiger partial charge < -0.3 is 9.47 Å². The van der Waals surface area contributed by atoms with E-state index in [9.17, 15) is 0 Å². The van der Waals surface area contributed by atoms with E-state index in [2.05, 4.69) is 52.7 Å². The summed E-state index contributed by atoms with van der Waals surface area (Å²) in [7, 11) is 0. The second kappa shape index (κ2) is 10.2. The van der Waals surface area contributed by atoms with E-state index < -0.39 is 0 Å². The second-order valence-electron chi connectivity index (χ2n) is 7.01. The molecule has 0 bridgehead atoms. The quantitative estimate of drug-likeness (QED) is 0.518. The number of benzene rings is 1. The lowest BCUT2D eigenvalue weighted by Crippen LogP contribution is -2.09. The summed E-state index contributed by atoms with van der Waals surface area (Å²) < 4.78 is 11.9. The molecule has 0 aliphatic rings. The molecule has 128 valence electrons. The highest BCUT2D eigenvalue weighted by molar-refractivity contribution is 5.44. The largest absolute Gasteiger partial charge is 0.489 e. The predicted octanol–water partition coefficient (Wildman–Crippen LogP) is 5.66. The van der Waals surface area contributed by atoms with Gasteiger partial charge in [0.05, 0.1) is 13.2 Å². The first-order chi connectivity index (χ1) is 11.0. The number of ether oxygens (including phenoxy) is 2. The van der Waals surface area contributed by atoms with E-state index in [4.69, 9.17) is 15.9 Å². The van der Waals surface area contributed by atoms with Gasteiger partial charge in [0, 0.05) is 6.42 Å². The highest BCUT2D eigenvalue weighted by atomic mass is 16.5. The number of terminal acetylenes is 1. The first-order valence-corrected chi connectivity index (χ1v) is 8.80. The Morgan fingerprint density at radius 1 is 1.00 bits per heavy atom.